The molecule has 2 atom stereocenters. The largest absolute Gasteiger partial charge is 0.347 e. The van der Waals surface area contributed by atoms with E-state index in [2.05, 4.69) is 10.2 Å². The van der Waals surface area contributed by atoms with Crippen molar-refractivity contribution in [2.45, 2.75) is 18.2 Å². The van der Waals surface area contributed by atoms with E-state index in [0.717, 1.165) is 12.1 Å². The Morgan fingerprint density at radius 3 is 2.42 bits per heavy atom. The van der Waals surface area contributed by atoms with Crippen molar-refractivity contribution >= 4 is 29.3 Å². The third-order valence-electron chi connectivity index (χ3n) is 2.86. The van der Waals surface area contributed by atoms with Gasteiger partial charge in [0.05, 0.1) is 11.3 Å². The van der Waals surface area contributed by atoms with Gasteiger partial charge in [-0.3, -0.25) is 4.79 Å². The van der Waals surface area contributed by atoms with Crippen molar-refractivity contribution in [2.75, 3.05) is 26.9 Å². The van der Waals surface area contributed by atoms with Gasteiger partial charge in [-0.05, 0) is 45.0 Å². The van der Waals surface area contributed by atoms with Gasteiger partial charge in [0.1, 0.15) is 0 Å². The Morgan fingerprint density at radius 1 is 1.37 bits per heavy atom. The van der Waals surface area contributed by atoms with Gasteiger partial charge in [0.2, 0.25) is 5.91 Å². The van der Waals surface area contributed by atoms with Crippen LogP contribution in [0.25, 0.3) is 0 Å². The summed E-state index contributed by atoms with van der Waals surface area (Å²) in [4.78, 5) is 14.1. The van der Waals surface area contributed by atoms with Gasteiger partial charge in [0.25, 0.3) is 0 Å². The molecule has 1 amide bonds. The lowest BCUT2D eigenvalue weighted by Crippen LogP contribution is -2.38. The number of hydrogen-bond acceptors (Lipinski definition) is 3. The molecule has 0 aromatic heterocycles. The summed E-state index contributed by atoms with van der Waals surface area (Å²) in [6, 6.07) is 7.60. The molecule has 0 aliphatic rings. The van der Waals surface area contributed by atoms with Gasteiger partial charge in [-0.2, -0.15) is 11.8 Å². The number of thioether (sulfide) groups is 1. The third kappa shape index (κ3) is 5.43. The lowest BCUT2D eigenvalue weighted by molar-refractivity contribution is -0.121. The number of likely N-dealkylation sites (N-methyl/N-ethyl adjacent to an activating group) is 1. The number of nitrogens with one attached hydrogen (secondary N) is 1. The topological polar surface area (TPSA) is 32.3 Å². The molecule has 0 fully saturated rings. The van der Waals surface area contributed by atoms with Gasteiger partial charge in [-0.15, -0.1) is 0 Å². The zero-order chi connectivity index (χ0) is 14.4. The Hall–Kier alpha value is -0.710. The van der Waals surface area contributed by atoms with Crippen LogP contribution in [0.2, 0.25) is 5.02 Å². The van der Waals surface area contributed by atoms with Crippen LogP contribution in [0.4, 0.5) is 0 Å². The Morgan fingerprint density at radius 2 is 1.95 bits per heavy atom. The van der Waals surface area contributed by atoms with Crippen LogP contribution in [0, 0.1) is 0 Å². The van der Waals surface area contributed by atoms with E-state index >= 15 is 0 Å². The summed E-state index contributed by atoms with van der Waals surface area (Å²) < 4.78 is 0. The number of benzene rings is 1. The number of carbonyl (C=O) groups is 1. The first-order valence-corrected chi connectivity index (χ1v) is 7.84. The number of rotatable bonds is 6. The van der Waals surface area contributed by atoms with Crippen LogP contribution in [0.5, 0.6) is 0 Å². The zero-order valence-corrected chi connectivity index (χ0v) is 13.4. The van der Waals surface area contributed by atoms with Crippen LogP contribution in [0.1, 0.15) is 18.5 Å². The summed E-state index contributed by atoms with van der Waals surface area (Å²) in [6.45, 7) is 2.67. The molecule has 0 heterocycles. The molecule has 0 spiro atoms. The van der Waals surface area contributed by atoms with Gasteiger partial charge in [0.15, 0.2) is 0 Å². The molecule has 5 heteroatoms. The van der Waals surface area contributed by atoms with E-state index in [4.69, 9.17) is 11.6 Å². The van der Waals surface area contributed by atoms with Crippen LogP contribution in [-0.4, -0.2) is 43.0 Å². The SMILES string of the molecule is CS[C@@H](C)C(=O)N[C@@H](CN(C)C)c1ccc(Cl)cc1. The van der Waals surface area contributed by atoms with Crippen molar-refractivity contribution in [1.29, 1.82) is 0 Å². The summed E-state index contributed by atoms with van der Waals surface area (Å²) in [6.07, 6.45) is 1.94. The van der Waals surface area contributed by atoms with Crippen LogP contribution >= 0.6 is 23.4 Å². The van der Waals surface area contributed by atoms with Gasteiger partial charge in [-0.1, -0.05) is 23.7 Å². The molecule has 1 aromatic rings. The highest BCUT2D eigenvalue weighted by atomic mass is 35.5. The number of halogens is 1. The number of hydrogen-bond donors (Lipinski definition) is 1. The number of amides is 1. The fourth-order valence-corrected chi connectivity index (χ4v) is 2.10. The maximum absolute atomic E-state index is 12.0. The molecule has 0 radical (unpaired) electrons. The van der Waals surface area contributed by atoms with Crippen molar-refractivity contribution in [1.82, 2.24) is 10.2 Å². The van der Waals surface area contributed by atoms with Crippen molar-refractivity contribution in [3.8, 4) is 0 Å². The number of nitrogens with zero attached hydrogens (tertiary/aromatic N) is 1. The first-order chi connectivity index (χ1) is 8.93. The average Bonchev–Trinajstić information content (AvgIpc) is 2.37. The zero-order valence-electron chi connectivity index (χ0n) is 11.8. The van der Waals surface area contributed by atoms with E-state index in [9.17, 15) is 4.79 Å². The molecule has 1 rings (SSSR count). The van der Waals surface area contributed by atoms with E-state index in [-0.39, 0.29) is 17.2 Å². The van der Waals surface area contributed by atoms with Crippen molar-refractivity contribution in [2.24, 2.45) is 0 Å². The second-order valence-electron chi connectivity index (χ2n) is 4.75. The predicted octanol–water partition coefficient (Wildman–Crippen LogP) is 2.81. The van der Waals surface area contributed by atoms with Gasteiger partial charge >= 0.3 is 0 Å². The summed E-state index contributed by atoms with van der Waals surface area (Å²) >= 11 is 7.44. The Kier molecular flexibility index (Phi) is 6.69. The molecule has 0 unspecified atom stereocenters. The molecular weight excluding hydrogens is 280 g/mol. The molecule has 1 N–H and O–H groups in total. The second kappa shape index (κ2) is 7.78. The fraction of sp³-hybridized carbons (Fsp3) is 0.500. The van der Waals surface area contributed by atoms with Crippen molar-refractivity contribution in [3.05, 3.63) is 34.9 Å². The highest BCUT2D eigenvalue weighted by molar-refractivity contribution is 7.99. The molecule has 0 saturated carbocycles. The molecule has 0 aliphatic carbocycles. The minimum absolute atomic E-state index is 0.0191. The minimum Gasteiger partial charge on any atom is -0.347 e. The van der Waals surface area contributed by atoms with E-state index in [1.54, 1.807) is 11.8 Å². The van der Waals surface area contributed by atoms with Crippen LogP contribution in [0.3, 0.4) is 0 Å². The minimum atomic E-state index is -0.0445. The second-order valence-corrected chi connectivity index (χ2v) is 6.37. The van der Waals surface area contributed by atoms with Crippen LogP contribution < -0.4 is 5.32 Å². The Labute approximate surface area is 124 Å². The highest BCUT2D eigenvalue weighted by Crippen LogP contribution is 2.18. The predicted molar refractivity (Wildman–Crippen MR) is 83.9 cm³/mol. The molecule has 0 bridgehead atoms. The summed E-state index contributed by atoms with van der Waals surface area (Å²) in [5.74, 6) is 0.0642. The van der Waals surface area contributed by atoms with Gasteiger partial charge in [0, 0.05) is 11.6 Å². The summed E-state index contributed by atoms with van der Waals surface area (Å²) in [5.41, 5.74) is 1.07. The standard InChI is InChI=1S/C14H21ClN2OS/c1-10(19-4)14(18)16-13(9-17(2)3)11-5-7-12(15)8-6-11/h5-8,10,13H,9H2,1-4H3,(H,16,18)/t10-,13-/m0/s1. The van der Waals surface area contributed by atoms with Crippen LogP contribution in [0.15, 0.2) is 24.3 Å². The molecule has 3 nitrogen and oxygen atoms in total. The Balaban J connectivity index is 2.82. The number of carbonyl (C=O) groups excluding carboxylic acids is 1. The summed E-state index contributed by atoms with van der Waals surface area (Å²) in [7, 11) is 3.99. The molecule has 1 aromatic carbocycles. The molecule has 0 saturated heterocycles. The quantitative estimate of drug-likeness (QED) is 0.877. The molecular formula is C14H21ClN2OS. The maximum atomic E-state index is 12.0. The molecule has 19 heavy (non-hydrogen) atoms. The first kappa shape index (κ1) is 16.3. The van der Waals surface area contributed by atoms with Crippen molar-refractivity contribution in [3.63, 3.8) is 0 Å². The van der Waals surface area contributed by atoms with Gasteiger partial charge < -0.3 is 10.2 Å². The van der Waals surface area contributed by atoms with Gasteiger partial charge in [-0.25, -0.2) is 0 Å². The normalized spacial score (nSPS) is 14.2. The Bertz CT molecular complexity index is 408. The lowest BCUT2D eigenvalue weighted by Gasteiger charge is -2.24. The van der Waals surface area contributed by atoms with E-state index in [0.29, 0.717) is 5.02 Å². The lowest BCUT2D eigenvalue weighted by atomic mass is 10.1. The maximum Gasteiger partial charge on any atom is 0.233 e. The monoisotopic (exact) mass is 300 g/mol. The molecule has 106 valence electrons. The highest BCUT2D eigenvalue weighted by Gasteiger charge is 2.18. The van der Waals surface area contributed by atoms with E-state index in [1.807, 2.05) is 51.5 Å². The van der Waals surface area contributed by atoms with E-state index in [1.165, 1.54) is 0 Å². The molecule has 0 aliphatic heterocycles. The van der Waals surface area contributed by atoms with Crippen molar-refractivity contribution < 1.29 is 4.79 Å². The smallest absolute Gasteiger partial charge is 0.233 e. The fourth-order valence-electron chi connectivity index (χ4n) is 1.69. The van der Waals surface area contributed by atoms with Crippen LogP contribution in [-0.2, 0) is 4.79 Å². The van der Waals surface area contributed by atoms with E-state index < -0.39 is 0 Å². The summed E-state index contributed by atoms with van der Waals surface area (Å²) in [5, 5.41) is 3.75. The third-order valence-corrected chi connectivity index (χ3v) is 4.03. The average molecular weight is 301 g/mol. The first-order valence-electron chi connectivity index (χ1n) is 6.17.